The summed E-state index contributed by atoms with van der Waals surface area (Å²) in [5.41, 5.74) is 0. The van der Waals surface area contributed by atoms with Gasteiger partial charge in [0.25, 0.3) is 0 Å². The fourth-order valence-corrected chi connectivity index (χ4v) is 1.08. The van der Waals surface area contributed by atoms with E-state index >= 15 is 0 Å². The van der Waals surface area contributed by atoms with E-state index in [1.54, 1.807) is 6.26 Å². The van der Waals surface area contributed by atoms with Crippen LogP contribution in [0.4, 0.5) is 0 Å². The quantitative estimate of drug-likeness (QED) is 0.572. The van der Waals surface area contributed by atoms with E-state index in [0.717, 1.165) is 10.6 Å². The molecule has 0 unspecified atom stereocenters. The summed E-state index contributed by atoms with van der Waals surface area (Å²) >= 11 is 0. The maximum atomic E-state index is 7.35. The van der Waals surface area contributed by atoms with Crippen molar-refractivity contribution >= 4 is 12.1 Å². The summed E-state index contributed by atoms with van der Waals surface area (Å²) in [4.78, 5) is 4.07. The van der Waals surface area contributed by atoms with Gasteiger partial charge in [0.1, 0.15) is 6.61 Å². The van der Waals surface area contributed by atoms with Gasteiger partial charge in [-0.2, -0.15) is 0 Å². The molecule has 0 saturated heterocycles. The molecule has 2 rings (SSSR count). The highest BCUT2D eigenvalue weighted by atomic mass is 16.5. The molecule has 12 heavy (non-hydrogen) atoms. The van der Waals surface area contributed by atoms with Gasteiger partial charge in [-0.05, 0) is 12.1 Å². The van der Waals surface area contributed by atoms with Gasteiger partial charge >= 0.3 is 0 Å². The van der Waals surface area contributed by atoms with Crippen LogP contribution in [-0.4, -0.2) is 12.4 Å². The third-order valence-electron chi connectivity index (χ3n) is 1.62. The van der Waals surface area contributed by atoms with E-state index in [1.807, 2.05) is 24.3 Å². The van der Waals surface area contributed by atoms with Crippen molar-refractivity contribution in [2.45, 2.75) is 0 Å². The van der Waals surface area contributed by atoms with Crippen molar-refractivity contribution in [1.29, 1.82) is 5.41 Å². The van der Waals surface area contributed by atoms with Gasteiger partial charge in [-0.1, -0.05) is 12.1 Å². The van der Waals surface area contributed by atoms with Crippen LogP contribution in [0.2, 0.25) is 0 Å². The number of fused-ring (bicyclic) bond motifs is 1. The summed E-state index contributed by atoms with van der Waals surface area (Å²) in [6.07, 6.45) is 1.64. The Bertz CT molecular complexity index is 422. The highest BCUT2D eigenvalue weighted by Crippen LogP contribution is 1.84. The van der Waals surface area contributed by atoms with Crippen molar-refractivity contribution < 1.29 is 4.74 Å². The van der Waals surface area contributed by atoms with Crippen LogP contribution < -0.4 is 10.6 Å². The molecule has 0 aliphatic carbocycles. The second-order valence-electron chi connectivity index (χ2n) is 2.55. The minimum atomic E-state index is 0.259. The standard InChI is InChI=1S/C9H8N2O/c10-9-6-12-5-7-3-1-2-4-8(7)11-9/h1-5,10H,6H2. The first kappa shape index (κ1) is 7.03. The lowest BCUT2D eigenvalue weighted by Crippen LogP contribution is -2.23. The van der Waals surface area contributed by atoms with Crippen LogP contribution in [0.25, 0.3) is 6.26 Å². The topological polar surface area (TPSA) is 45.4 Å². The summed E-state index contributed by atoms with van der Waals surface area (Å²) in [5, 5.41) is 9.08. The van der Waals surface area contributed by atoms with E-state index in [2.05, 4.69) is 4.99 Å². The molecule has 1 N–H and O–H groups in total. The fourth-order valence-electron chi connectivity index (χ4n) is 1.08. The Labute approximate surface area is 69.5 Å². The number of benzene rings is 1. The third-order valence-corrected chi connectivity index (χ3v) is 1.62. The van der Waals surface area contributed by atoms with Gasteiger partial charge < -0.3 is 4.74 Å². The van der Waals surface area contributed by atoms with Gasteiger partial charge in [-0.3, -0.25) is 5.41 Å². The number of hydrogen-bond acceptors (Lipinski definition) is 2. The maximum Gasteiger partial charge on any atom is 0.159 e. The first-order valence-corrected chi connectivity index (χ1v) is 3.69. The fraction of sp³-hybridized carbons (Fsp3) is 0.111. The van der Waals surface area contributed by atoms with Crippen LogP contribution >= 0.6 is 0 Å². The molecule has 1 aliphatic rings. The van der Waals surface area contributed by atoms with E-state index in [1.165, 1.54) is 0 Å². The molecular formula is C9H8N2O. The number of ether oxygens (including phenoxy) is 1. The summed E-state index contributed by atoms with van der Waals surface area (Å²) in [6, 6.07) is 7.60. The maximum absolute atomic E-state index is 7.35. The van der Waals surface area contributed by atoms with Gasteiger partial charge in [0, 0.05) is 5.22 Å². The minimum absolute atomic E-state index is 0.259. The zero-order chi connectivity index (χ0) is 8.39. The van der Waals surface area contributed by atoms with Crippen LogP contribution in [0.3, 0.4) is 0 Å². The molecule has 1 aliphatic heterocycles. The number of nitrogens with one attached hydrogen (secondary N) is 1. The summed E-state index contributed by atoms with van der Waals surface area (Å²) in [5.74, 6) is 0.260. The highest BCUT2D eigenvalue weighted by molar-refractivity contribution is 5.81. The lowest BCUT2D eigenvalue weighted by Gasteiger charge is -1.92. The number of nitrogens with zero attached hydrogens (tertiary/aromatic N) is 1. The van der Waals surface area contributed by atoms with E-state index in [9.17, 15) is 0 Å². The lowest BCUT2D eigenvalue weighted by molar-refractivity contribution is 0.352. The number of rotatable bonds is 0. The van der Waals surface area contributed by atoms with Crippen molar-refractivity contribution in [2.75, 3.05) is 6.61 Å². The van der Waals surface area contributed by atoms with Crippen LogP contribution in [0, 0.1) is 5.41 Å². The monoisotopic (exact) mass is 160 g/mol. The van der Waals surface area contributed by atoms with Gasteiger partial charge in [0.15, 0.2) is 5.84 Å². The Morgan fingerprint density at radius 1 is 1.33 bits per heavy atom. The molecule has 1 aromatic rings. The number of para-hydroxylation sites is 1. The lowest BCUT2D eigenvalue weighted by atomic mass is 10.3. The average molecular weight is 160 g/mol. The summed E-state index contributed by atoms with van der Waals surface area (Å²) in [6.45, 7) is 0.259. The third kappa shape index (κ3) is 1.21. The molecule has 60 valence electrons. The smallest absolute Gasteiger partial charge is 0.159 e. The Kier molecular flexibility index (Phi) is 1.63. The first-order valence-electron chi connectivity index (χ1n) is 3.69. The molecule has 0 atom stereocenters. The van der Waals surface area contributed by atoms with Crippen molar-refractivity contribution in [2.24, 2.45) is 4.99 Å². The molecule has 0 radical (unpaired) electrons. The Morgan fingerprint density at radius 2 is 2.17 bits per heavy atom. The SMILES string of the molecule is N=C1COC=c2ccccc2=N1. The summed E-state index contributed by atoms with van der Waals surface area (Å²) < 4.78 is 5.09. The number of amidine groups is 1. The molecule has 3 heteroatoms. The summed E-state index contributed by atoms with van der Waals surface area (Å²) in [7, 11) is 0. The van der Waals surface area contributed by atoms with Gasteiger partial charge in [-0.25, -0.2) is 4.99 Å². The zero-order valence-corrected chi connectivity index (χ0v) is 6.45. The predicted octanol–water partition coefficient (Wildman–Crippen LogP) is 0.0517. The van der Waals surface area contributed by atoms with E-state index in [-0.39, 0.29) is 12.4 Å². The van der Waals surface area contributed by atoms with Crippen LogP contribution in [-0.2, 0) is 4.74 Å². The van der Waals surface area contributed by atoms with Gasteiger partial charge in [0.2, 0.25) is 0 Å². The zero-order valence-electron chi connectivity index (χ0n) is 6.45. The minimum Gasteiger partial charge on any atom is -0.493 e. The van der Waals surface area contributed by atoms with Crippen LogP contribution in [0.5, 0.6) is 0 Å². The Hall–Kier alpha value is -1.64. The second-order valence-corrected chi connectivity index (χ2v) is 2.55. The molecule has 0 amide bonds. The van der Waals surface area contributed by atoms with Gasteiger partial charge in [0.05, 0.1) is 11.6 Å². The molecule has 0 aromatic heterocycles. The van der Waals surface area contributed by atoms with Crippen molar-refractivity contribution in [3.8, 4) is 0 Å². The molecule has 1 heterocycles. The van der Waals surface area contributed by atoms with E-state index < -0.39 is 0 Å². The molecule has 0 saturated carbocycles. The second kappa shape index (κ2) is 2.77. The average Bonchev–Trinajstić information content (AvgIpc) is 2.25. The normalized spacial score (nSPS) is 14.8. The Balaban J connectivity index is 2.76. The Morgan fingerprint density at radius 3 is 3.08 bits per heavy atom. The van der Waals surface area contributed by atoms with Crippen LogP contribution in [0.15, 0.2) is 29.3 Å². The molecule has 1 aromatic carbocycles. The molecule has 0 spiro atoms. The van der Waals surface area contributed by atoms with E-state index in [4.69, 9.17) is 10.1 Å². The van der Waals surface area contributed by atoms with Crippen LogP contribution in [0.1, 0.15) is 0 Å². The number of hydrogen-bond donors (Lipinski definition) is 1. The molecule has 0 fully saturated rings. The van der Waals surface area contributed by atoms with Gasteiger partial charge in [-0.15, -0.1) is 0 Å². The van der Waals surface area contributed by atoms with Crippen molar-refractivity contribution in [1.82, 2.24) is 0 Å². The predicted molar refractivity (Wildman–Crippen MR) is 45.4 cm³/mol. The van der Waals surface area contributed by atoms with Crippen molar-refractivity contribution in [3.05, 3.63) is 34.8 Å². The first-order chi connectivity index (χ1) is 5.86. The van der Waals surface area contributed by atoms with Crippen molar-refractivity contribution in [3.63, 3.8) is 0 Å². The largest absolute Gasteiger partial charge is 0.493 e. The van der Waals surface area contributed by atoms with E-state index in [0.29, 0.717) is 0 Å². The molecular weight excluding hydrogens is 152 g/mol. The molecule has 3 nitrogen and oxygen atoms in total. The molecule has 0 bridgehead atoms. The highest BCUT2D eigenvalue weighted by Gasteiger charge is 1.97.